The molecule has 0 aliphatic heterocycles. The fourth-order valence-electron chi connectivity index (χ4n) is 1.53. The summed E-state index contributed by atoms with van der Waals surface area (Å²) >= 11 is 17.8. The predicted octanol–water partition coefficient (Wildman–Crippen LogP) is 3.93. The van der Waals surface area contributed by atoms with Gasteiger partial charge in [0.25, 0.3) is 0 Å². The number of aryl methyl sites for hydroxylation is 1. The third-order valence-corrected chi connectivity index (χ3v) is 3.66. The van der Waals surface area contributed by atoms with Gasteiger partial charge in [-0.2, -0.15) is 5.10 Å². The van der Waals surface area contributed by atoms with E-state index in [0.29, 0.717) is 21.7 Å². The van der Waals surface area contributed by atoms with Crippen molar-refractivity contribution in [2.24, 2.45) is 0 Å². The van der Waals surface area contributed by atoms with E-state index >= 15 is 0 Å². The van der Waals surface area contributed by atoms with Crippen LogP contribution in [0, 0.1) is 13.8 Å². The van der Waals surface area contributed by atoms with Crippen molar-refractivity contribution in [1.82, 2.24) is 14.8 Å². The smallest absolute Gasteiger partial charge is 0.154 e. The van der Waals surface area contributed by atoms with Gasteiger partial charge in [-0.3, -0.25) is 0 Å². The van der Waals surface area contributed by atoms with Crippen molar-refractivity contribution in [2.75, 3.05) is 0 Å². The van der Waals surface area contributed by atoms with Crippen LogP contribution in [0.3, 0.4) is 0 Å². The molecule has 0 aliphatic carbocycles. The number of aromatic nitrogens is 3. The van der Waals surface area contributed by atoms with Gasteiger partial charge in [0.05, 0.1) is 21.4 Å². The first-order valence-corrected chi connectivity index (χ1v) is 6.26. The summed E-state index contributed by atoms with van der Waals surface area (Å²) in [5.74, 6) is 0.999. The summed E-state index contributed by atoms with van der Waals surface area (Å²) in [6.07, 6.45) is 1.57. The maximum atomic E-state index is 6.09. The van der Waals surface area contributed by atoms with Crippen molar-refractivity contribution in [3.05, 3.63) is 39.3 Å². The molecule has 2 heterocycles. The Morgan fingerprint density at radius 1 is 1.29 bits per heavy atom. The monoisotopic (exact) mass is 289 g/mol. The number of nitrogens with zero attached hydrogens (tertiary/aromatic N) is 3. The Labute approximate surface area is 114 Å². The zero-order valence-corrected chi connectivity index (χ0v) is 11.6. The van der Waals surface area contributed by atoms with E-state index in [9.17, 15) is 0 Å². The molecule has 0 aliphatic rings. The lowest BCUT2D eigenvalue weighted by Gasteiger charge is -2.06. The van der Waals surface area contributed by atoms with Gasteiger partial charge in [0, 0.05) is 12.1 Å². The van der Waals surface area contributed by atoms with Crippen LogP contribution in [-0.4, -0.2) is 14.8 Å². The SMILES string of the molecule is Cc1nn(-c2cc(CCl)c(Cl)cn2)c(C)c1Cl. The Hall–Kier alpha value is -0.770. The van der Waals surface area contributed by atoms with Crippen LogP contribution in [0.5, 0.6) is 0 Å². The summed E-state index contributed by atoms with van der Waals surface area (Å²) in [4.78, 5) is 4.22. The van der Waals surface area contributed by atoms with Crippen LogP contribution in [0.4, 0.5) is 0 Å². The molecule has 0 radical (unpaired) electrons. The summed E-state index contributed by atoms with van der Waals surface area (Å²) in [6.45, 7) is 3.74. The van der Waals surface area contributed by atoms with E-state index in [1.807, 2.05) is 19.9 Å². The predicted molar refractivity (Wildman–Crippen MR) is 70.4 cm³/mol. The van der Waals surface area contributed by atoms with Gasteiger partial charge in [-0.05, 0) is 25.5 Å². The summed E-state index contributed by atoms with van der Waals surface area (Å²) in [6, 6.07) is 1.81. The molecule has 0 atom stereocenters. The molecule has 0 saturated heterocycles. The van der Waals surface area contributed by atoms with Crippen molar-refractivity contribution in [2.45, 2.75) is 19.7 Å². The summed E-state index contributed by atoms with van der Waals surface area (Å²) < 4.78 is 1.68. The Kier molecular flexibility index (Phi) is 3.61. The van der Waals surface area contributed by atoms with Crippen molar-refractivity contribution >= 4 is 34.8 Å². The molecule has 0 spiro atoms. The molecule has 2 rings (SSSR count). The Morgan fingerprint density at radius 2 is 2.00 bits per heavy atom. The van der Waals surface area contributed by atoms with Crippen LogP contribution in [0.15, 0.2) is 12.3 Å². The molecule has 0 N–H and O–H groups in total. The maximum Gasteiger partial charge on any atom is 0.154 e. The number of alkyl halides is 1. The molecule has 90 valence electrons. The molecule has 0 amide bonds. The van der Waals surface area contributed by atoms with Crippen molar-refractivity contribution in [1.29, 1.82) is 0 Å². The normalized spacial score (nSPS) is 10.9. The van der Waals surface area contributed by atoms with Gasteiger partial charge in [0.1, 0.15) is 0 Å². The van der Waals surface area contributed by atoms with Crippen molar-refractivity contribution < 1.29 is 0 Å². The van der Waals surface area contributed by atoms with Gasteiger partial charge in [-0.1, -0.05) is 23.2 Å². The second-order valence-corrected chi connectivity index (χ2v) is 4.72. The topological polar surface area (TPSA) is 30.7 Å². The molecular weight excluding hydrogens is 281 g/mol. The van der Waals surface area contributed by atoms with E-state index in [2.05, 4.69) is 10.1 Å². The molecule has 3 nitrogen and oxygen atoms in total. The second kappa shape index (κ2) is 4.84. The van der Waals surface area contributed by atoms with Crippen LogP contribution < -0.4 is 0 Å². The largest absolute Gasteiger partial charge is 0.236 e. The molecular formula is C11H10Cl3N3. The Balaban J connectivity index is 2.57. The maximum absolute atomic E-state index is 6.09. The number of hydrogen-bond acceptors (Lipinski definition) is 2. The molecule has 0 aromatic carbocycles. The van der Waals surface area contributed by atoms with Gasteiger partial charge in [-0.15, -0.1) is 11.6 Å². The van der Waals surface area contributed by atoms with Crippen LogP contribution in [0.25, 0.3) is 5.82 Å². The van der Waals surface area contributed by atoms with Crippen LogP contribution in [-0.2, 0) is 5.88 Å². The molecule has 0 bridgehead atoms. The highest BCUT2D eigenvalue weighted by Crippen LogP contribution is 2.24. The average Bonchev–Trinajstić information content (AvgIpc) is 2.58. The highest BCUT2D eigenvalue weighted by molar-refractivity contribution is 6.32. The summed E-state index contributed by atoms with van der Waals surface area (Å²) in [7, 11) is 0. The second-order valence-electron chi connectivity index (χ2n) is 3.66. The van der Waals surface area contributed by atoms with Gasteiger partial charge in [0.2, 0.25) is 0 Å². The average molecular weight is 291 g/mol. The lowest BCUT2D eigenvalue weighted by Crippen LogP contribution is -2.02. The zero-order chi connectivity index (χ0) is 12.6. The highest BCUT2D eigenvalue weighted by atomic mass is 35.5. The summed E-state index contributed by atoms with van der Waals surface area (Å²) in [5, 5.41) is 5.52. The van der Waals surface area contributed by atoms with Crippen molar-refractivity contribution in [3.8, 4) is 5.82 Å². The lowest BCUT2D eigenvalue weighted by molar-refractivity contribution is 0.804. The number of halogens is 3. The fraction of sp³-hybridized carbons (Fsp3) is 0.273. The molecule has 2 aromatic heterocycles. The van der Waals surface area contributed by atoms with E-state index < -0.39 is 0 Å². The van der Waals surface area contributed by atoms with Crippen LogP contribution >= 0.6 is 34.8 Å². The van der Waals surface area contributed by atoms with E-state index in [1.165, 1.54) is 0 Å². The molecule has 0 saturated carbocycles. The Morgan fingerprint density at radius 3 is 2.53 bits per heavy atom. The molecule has 17 heavy (non-hydrogen) atoms. The lowest BCUT2D eigenvalue weighted by atomic mass is 10.3. The third kappa shape index (κ3) is 2.28. The quantitative estimate of drug-likeness (QED) is 0.785. The first kappa shape index (κ1) is 12.7. The standard InChI is InChI=1S/C11H10Cl3N3/c1-6-11(14)7(2)17(16-6)10-3-8(4-12)9(13)5-15-10/h3,5H,4H2,1-2H3. The molecule has 0 unspecified atom stereocenters. The van der Waals surface area contributed by atoms with Gasteiger partial charge in [0.15, 0.2) is 5.82 Å². The van der Waals surface area contributed by atoms with Gasteiger partial charge < -0.3 is 0 Å². The molecule has 0 fully saturated rings. The minimum atomic E-state index is 0.335. The zero-order valence-electron chi connectivity index (χ0n) is 9.34. The van der Waals surface area contributed by atoms with Crippen LogP contribution in [0.2, 0.25) is 10.0 Å². The molecule has 6 heteroatoms. The fourth-order valence-corrected chi connectivity index (χ4v) is 2.11. The van der Waals surface area contributed by atoms with Gasteiger partial charge >= 0.3 is 0 Å². The van der Waals surface area contributed by atoms with Crippen molar-refractivity contribution in [3.63, 3.8) is 0 Å². The first-order valence-electron chi connectivity index (χ1n) is 4.97. The summed E-state index contributed by atoms with van der Waals surface area (Å²) in [5.41, 5.74) is 2.44. The molecule has 2 aromatic rings. The minimum absolute atomic E-state index is 0.335. The number of hydrogen-bond donors (Lipinski definition) is 0. The Bertz CT molecular complexity index is 563. The van der Waals surface area contributed by atoms with Gasteiger partial charge in [-0.25, -0.2) is 9.67 Å². The van der Waals surface area contributed by atoms with Crippen LogP contribution in [0.1, 0.15) is 17.0 Å². The minimum Gasteiger partial charge on any atom is -0.236 e. The number of rotatable bonds is 2. The van der Waals surface area contributed by atoms with E-state index in [-0.39, 0.29) is 0 Å². The van der Waals surface area contributed by atoms with E-state index in [1.54, 1.807) is 10.9 Å². The first-order chi connectivity index (χ1) is 8.04. The number of pyridine rings is 1. The van der Waals surface area contributed by atoms with E-state index in [0.717, 1.165) is 17.0 Å². The highest BCUT2D eigenvalue weighted by Gasteiger charge is 2.12. The third-order valence-electron chi connectivity index (χ3n) is 2.48. The van der Waals surface area contributed by atoms with E-state index in [4.69, 9.17) is 34.8 Å².